The summed E-state index contributed by atoms with van der Waals surface area (Å²) in [6.07, 6.45) is -1.08. The van der Waals surface area contributed by atoms with E-state index in [1.165, 1.54) is 18.2 Å². The summed E-state index contributed by atoms with van der Waals surface area (Å²) >= 11 is 11.4. The van der Waals surface area contributed by atoms with Gasteiger partial charge in [-0.3, -0.25) is 0 Å². The summed E-state index contributed by atoms with van der Waals surface area (Å²) in [6, 6.07) is 4.20. The lowest BCUT2D eigenvalue weighted by Gasteiger charge is -2.09. The third kappa shape index (κ3) is 3.49. The molecule has 1 N–H and O–H groups in total. The van der Waals surface area contributed by atoms with Crippen LogP contribution in [0.25, 0.3) is 0 Å². The van der Waals surface area contributed by atoms with E-state index < -0.39 is 16.1 Å². The second kappa shape index (κ2) is 5.57. The van der Waals surface area contributed by atoms with Crippen LogP contribution < -0.4 is 4.72 Å². The van der Waals surface area contributed by atoms with Gasteiger partial charge in [0, 0.05) is 0 Å². The van der Waals surface area contributed by atoms with Crippen molar-refractivity contribution in [2.24, 2.45) is 0 Å². The fraction of sp³-hybridized carbons (Fsp3) is 0.222. The van der Waals surface area contributed by atoms with Crippen LogP contribution in [0.4, 0.5) is 4.79 Å². The fourth-order valence-electron chi connectivity index (χ4n) is 1.06. The number of ether oxygens (including phenoxy) is 1. The average Bonchev–Trinajstić information content (AvgIpc) is 2.15. The summed E-state index contributed by atoms with van der Waals surface area (Å²) in [4.78, 5) is 10.7. The predicted octanol–water partition coefficient (Wildman–Crippen LogP) is 2.43. The third-order valence-electron chi connectivity index (χ3n) is 1.68. The smallest absolute Gasteiger partial charge is 0.421 e. The van der Waals surface area contributed by atoms with Crippen LogP contribution in [0, 0.1) is 0 Å². The Kier molecular flexibility index (Phi) is 4.62. The predicted molar refractivity (Wildman–Crippen MR) is 63.8 cm³/mol. The average molecular weight is 298 g/mol. The van der Waals surface area contributed by atoms with Crippen LogP contribution in [0.5, 0.6) is 0 Å². The first-order chi connectivity index (χ1) is 7.88. The molecule has 1 rings (SSSR count). The van der Waals surface area contributed by atoms with Crippen molar-refractivity contribution >= 4 is 39.3 Å². The fourth-order valence-corrected chi connectivity index (χ4v) is 3.10. The Morgan fingerprint density at radius 3 is 2.35 bits per heavy atom. The summed E-state index contributed by atoms with van der Waals surface area (Å²) in [5, 5.41) is -0.149. The van der Waals surface area contributed by atoms with E-state index >= 15 is 0 Å². The van der Waals surface area contributed by atoms with Crippen molar-refractivity contribution in [2.75, 3.05) is 6.61 Å². The lowest BCUT2D eigenvalue weighted by atomic mass is 10.4. The van der Waals surface area contributed by atoms with Gasteiger partial charge in [0.1, 0.15) is 4.90 Å². The Labute approximate surface area is 109 Å². The van der Waals surface area contributed by atoms with E-state index in [1.807, 2.05) is 0 Å². The summed E-state index contributed by atoms with van der Waals surface area (Å²) in [6.45, 7) is 1.60. The number of rotatable bonds is 3. The number of sulfonamides is 1. The zero-order valence-corrected chi connectivity index (χ0v) is 11.1. The number of carbonyl (C=O) groups excluding carboxylic acids is 1. The molecule has 17 heavy (non-hydrogen) atoms. The van der Waals surface area contributed by atoms with E-state index in [4.69, 9.17) is 23.2 Å². The lowest BCUT2D eigenvalue weighted by Crippen LogP contribution is -2.31. The summed E-state index contributed by atoms with van der Waals surface area (Å²) in [5.41, 5.74) is 0. The van der Waals surface area contributed by atoms with Crippen LogP contribution in [0.1, 0.15) is 6.92 Å². The zero-order chi connectivity index (χ0) is 13.1. The highest BCUT2D eigenvalue weighted by molar-refractivity contribution is 7.90. The van der Waals surface area contributed by atoms with Gasteiger partial charge in [0.15, 0.2) is 0 Å². The van der Waals surface area contributed by atoms with E-state index in [9.17, 15) is 13.2 Å². The molecule has 0 radical (unpaired) electrons. The number of amides is 1. The molecule has 0 aliphatic heterocycles. The molecule has 1 aromatic carbocycles. The minimum atomic E-state index is -4.13. The second-order valence-electron chi connectivity index (χ2n) is 2.88. The van der Waals surface area contributed by atoms with Gasteiger partial charge >= 0.3 is 6.09 Å². The Balaban J connectivity index is 3.10. The van der Waals surface area contributed by atoms with E-state index in [0.29, 0.717) is 0 Å². The molecule has 0 unspecified atom stereocenters. The molecule has 0 spiro atoms. The van der Waals surface area contributed by atoms with Gasteiger partial charge in [0.25, 0.3) is 10.0 Å². The first-order valence-corrected chi connectivity index (χ1v) is 6.76. The number of benzene rings is 1. The van der Waals surface area contributed by atoms with Gasteiger partial charge in [-0.15, -0.1) is 0 Å². The zero-order valence-electron chi connectivity index (χ0n) is 8.74. The Morgan fingerprint density at radius 1 is 1.35 bits per heavy atom. The highest BCUT2D eigenvalue weighted by Gasteiger charge is 2.24. The van der Waals surface area contributed by atoms with Crippen molar-refractivity contribution in [3.63, 3.8) is 0 Å². The minimum Gasteiger partial charge on any atom is -0.449 e. The summed E-state index contributed by atoms with van der Waals surface area (Å²) in [7, 11) is -4.13. The Morgan fingerprint density at radius 2 is 1.88 bits per heavy atom. The maximum Gasteiger partial charge on any atom is 0.421 e. The lowest BCUT2D eigenvalue weighted by molar-refractivity contribution is 0.158. The molecule has 1 amide bonds. The van der Waals surface area contributed by atoms with Crippen LogP contribution in [0.3, 0.4) is 0 Å². The first kappa shape index (κ1) is 14.1. The topological polar surface area (TPSA) is 72.5 Å². The summed E-state index contributed by atoms with van der Waals surface area (Å²) in [5.74, 6) is 0. The Hall–Kier alpha value is -0.980. The second-order valence-corrected chi connectivity index (χ2v) is 5.31. The molecule has 0 aliphatic carbocycles. The number of carbonyl (C=O) groups is 1. The van der Waals surface area contributed by atoms with Gasteiger partial charge < -0.3 is 4.74 Å². The quantitative estimate of drug-likeness (QED) is 0.930. The maximum absolute atomic E-state index is 11.8. The first-order valence-electron chi connectivity index (χ1n) is 4.52. The van der Waals surface area contributed by atoms with Crippen molar-refractivity contribution in [3.8, 4) is 0 Å². The van der Waals surface area contributed by atoms with Crippen LogP contribution in [0.15, 0.2) is 23.1 Å². The Bertz CT molecular complexity index is 510. The van der Waals surface area contributed by atoms with Gasteiger partial charge in [-0.25, -0.2) is 17.9 Å². The molecule has 1 aromatic rings. The minimum absolute atomic E-state index is 0.0532. The van der Waals surface area contributed by atoms with E-state index in [2.05, 4.69) is 4.74 Å². The molecule has 0 saturated carbocycles. The number of nitrogens with one attached hydrogen (secondary N) is 1. The molecule has 0 atom stereocenters. The molecule has 8 heteroatoms. The molecule has 0 bridgehead atoms. The van der Waals surface area contributed by atoms with E-state index in [0.717, 1.165) is 0 Å². The van der Waals surface area contributed by atoms with Gasteiger partial charge in [-0.1, -0.05) is 29.3 Å². The van der Waals surface area contributed by atoms with Crippen molar-refractivity contribution in [1.29, 1.82) is 0 Å². The van der Waals surface area contributed by atoms with Crippen molar-refractivity contribution in [1.82, 2.24) is 4.72 Å². The molecule has 0 heterocycles. The number of halogens is 2. The third-order valence-corrected chi connectivity index (χ3v) is 3.95. The monoisotopic (exact) mass is 297 g/mol. The SMILES string of the molecule is CCOC(=O)NS(=O)(=O)c1c(Cl)cccc1Cl. The molecule has 0 fully saturated rings. The van der Waals surface area contributed by atoms with E-state index in [-0.39, 0.29) is 21.5 Å². The van der Waals surface area contributed by atoms with Gasteiger partial charge in [0.05, 0.1) is 16.7 Å². The molecule has 0 saturated heterocycles. The molecule has 94 valence electrons. The molecule has 0 aromatic heterocycles. The molecule has 0 aliphatic rings. The standard InChI is InChI=1S/C9H9Cl2NO4S/c1-2-16-9(13)12-17(14,15)8-6(10)4-3-5-7(8)11/h3-5H,2H2,1H3,(H,12,13). The van der Waals surface area contributed by atoms with Crippen LogP contribution >= 0.6 is 23.2 Å². The number of hydrogen-bond acceptors (Lipinski definition) is 4. The van der Waals surface area contributed by atoms with Gasteiger partial charge in [0.2, 0.25) is 0 Å². The highest BCUT2D eigenvalue weighted by atomic mass is 35.5. The van der Waals surface area contributed by atoms with Crippen LogP contribution in [0.2, 0.25) is 10.0 Å². The largest absolute Gasteiger partial charge is 0.449 e. The highest BCUT2D eigenvalue weighted by Crippen LogP contribution is 2.28. The van der Waals surface area contributed by atoms with Crippen molar-refractivity contribution in [2.45, 2.75) is 11.8 Å². The van der Waals surface area contributed by atoms with Crippen molar-refractivity contribution < 1.29 is 17.9 Å². The van der Waals surface area contributed by atoms with Gasteiger partial charge in [-0.2, -0.15) is 0 Å². The normalized spacial score (nSPS) is 11.0. The van der Waals surface area contributed by atoms with E-state index in [1.54, 1.807) is 11.6 Å². The van der Waals surface area contributed by atoms with Gasteiger partial charge in [-0.05, 0) is 19.1 Å². The van der Waals surface area contributed by atoms with Crippen LogP contribution in [-0.2, 0) is 14.8 Å². The van der Waals surface area contributed by atoms with Crippen molar-refractivity contribution in [3.05, 3.63) is 28.2 Å². The number of hydrogen-bond donors (Lipinski definition) is 1. The molecular formula is C9H9Cl2NO4S. The summed E-state index contributed by atoms with van der Waals surface area (Å²) < 4.78 is 29.7. The molecular weight excluding hydrogens is 289 g/mol. The molecule has 5 nitrogen and oxygen atoms in total. The van der Waals surface area contributed by atoms with Crippen LogP contribution in [-0.4, -0.2) is 21.1 Å². The maximum atomic E-state index is 11.8.